The molecule has 5 nitrogen and oxygen atoms in total. The average Bonchev–Trinajstić information content (AvgIpc) is 2.54. The van der Waals surface area contributed by atoms with Crippen molar-refractivity contribution >= 4 is 46.0 Å². The number of nitrogens with two attached hydrogens (primary N) is 1. The van der Waals surface area contributed by atoms with Gasteiger partial charge in [0.1, 0.15) is 0 Å². The monoisotopic (exact) mass is 359 g/mol. The lowest BCUT2D eigenvalue weighted by atomic mass is 10.2. The Bertz CT molecular complexity index is 904. The molecule has 0 atom stereocenters. The summed E-state index contributed by atoms with van der Waals surface area (Å²) in [4.78, 5) is 13.1. The van der Waals surface area contributed by atoms with E-state index in [1.54, 1.807) is 18.2 Å². The van der Waals surface area contributed by atoms with E-state index in [4.69, 9.17) is 28.9 Å². The van der Waals surface area contributed by atoms with Crippen LogP contribution in [0.25, 0.3) is 10.9 Å². The van der Waals surface area contributed by atoms with Gasteiger partial charge in [0.05, 0.1) is 17.8 Å². The number of nitrogens with zero attached hydrogens (tertiary/aromatic N) is 3. The van der Waals surface area contributed by atoms with E-state index in [1.807, 2.05) is 31.2 Å². The minimum absolute atomic E-state index is 0.195. The third kappa shape index (κ3) is 3.58. The van der Waals surface area contributed by atoms with E-state index in [0.717, 1.165) is 22.2 Å². The highest BCUT2D eigenvalue weighted by Gasteiger charge is 2.07. The highest BCUT2D eigenvalue weighted by Crippen LogP contribution is 2.24. The first kappa shape index (κ1) is 16.5. The van der Waals surface area contributed by atoms with Crippen LogP contribution < -0.4 is 11.1 Å². The molecular weight excluding hydrogens is 345 g/mol. The first-order valence-electron chi connectivity index (χ1n) is 7.28. The van der Waals surface area contributed by atoms with Crippen molar-refractivity contribution in [2.45, 2.75) is 13.5 Å². The van der Waals surface area contributed by atoms with Crippen LogP contribution in [-0.4, -0.2) is 15.9 Å². The molecular formula is C17H15Cl2N5. The predicted octanol–water partition coefficient (Wildman–Crippen LogP) is 4.17. The number of aliphatic imine (C=N–C) groups is 1. The van der Waals surface area contributed by atoms with E-state index in [-0.39, 0.29) is 12.5 Å². The Morgan fingerprint density at radius 3 is 2.54 bits per heavy atom. The Morgan fingerprint density at radius 2 is 1.79 bits per heavy atom. The van der Waals surface area contributed by atoms with Crippen molar-refractivity contribution in [1.82, 2.24) is 9.97 Å². The highest BCUT2D eigenvalue weighted by atomic mass is 35.5. The average molecular weight is 360 g/mol. The fraction of sp³-hybridized carbons (Fsp3) is 0.118. The van der Waals surface area contributed by atoms with Gasteiger partial charge in [0.2, 0.25) is 5.95 Å². The molecule has 0 radical (unpaired) electrons. The second kappa shape index (κ2) is 7.03. The van der Waals surface area contributed by atoms with Gasteiger partial charge in [0, 0.05) is 21.0 Å². The molecule has 0 aliphatic heterocycles. The summed E-state index contributed by atoms with van der Waals surface area (Å²) >= 11 is 12.2. The van der Waals surface area contributed by atoms with E-state index >= 15 is 0 Å². The molecule has 0 amide bonds. The third-order valence-corrected chi connectivity index (χ3v) is 4.21. The summed E-state index contributed by atoms with van der Waals surface area (Å²) in [7, 11) is 0. The standard InChI is InChI=1S/C17H15Cl2N5/c1-10-11-5-2-3-8-15(11)23-17(22-10)24-16(20)21-9-12-13(18)6-4-7-14(12)19/h2-8H,9H2,1H3,(H3,20,21,22,23,24). The lowest BCUT2D eigenvalue weighted by molar-refractivity contribution is 1.05. The molecule has 0 spiro atoms. The zero-order valence-electron chi connectivity index (χ0n) is 12.9. The minimum atomic E-state index is 0.195. The minimum Gasteiger partial charge on any atom is -0.370 e. The molecule has 0 bridgehead atoms. The quantitative estimate of drug-likeness (QED) is 0.543. The van der Waals surface area contributed by atoms with Crippen molar-refractivity contribution < 1.29 is 0 Å². The van der Waals surface area contributed by atoms with Crippen molar-refractivity contribution in [3.63, 3.8) is 0 Å². The number of rotatable bonds is 3. The largest absolute Gasteiger partial charge is 0.370 e. The van der Waals surface area contributed by atoms with Crippen LogP contribution in [0, 0.1) is 6.92 Å². The van der Waals surface area contributed by atoms with E-state index < -0.39 is 0 Å². The molecule has 3 N–H and O–H groups in total. The van der Waals surface area contributed by atoms with Gasteiger partial charge in [-0.25, -0.2) is 15.0 Å². The van der Waals surface area contributed by atoms with E-state index in [1.165, 1.54) is 0 Å². The van der Waals surface area contributed by atoms with E-state index in [0.29, 0.717) is 16.0 Å². The molecule has 122 valence electrons. The molecule has 3 aromatic rings. The molecule has 2 aromatic carbocycles. The Kier molecular flexibility index (Phi) is 4.83. The van der Waals surface area contributed by atoms with Gasteiger partial charge in [-0.15, -0.1) is 0 Å². The van der Waals surface area contributed by atoms with Gasteiger partial charge in [-0.1, -0.05) is 47.5 Å². The summed E-state index contributed by atoms with van der Waals surface area (Å²) in [5.74, 6) is 0.596. The van der Waals surface area contributed by atoms with Crippen LogP contribution in [0.15, 0.2) is 47.5 Å². The summed E-state index contributed by atoms with van der Waals surface area (Å²) in [5.41, 5.74) is 8.35. The summed E-state index contributed by atoms with van der Waals surface area (Å²) in [5, 5.41) is 5.01. The van der Waals surface area contributed by atoms with Gasteiger partial charge in [-0.2, -0.15) is 0 Å². The Balaban J connectivity index is 1.80. The number of hydrogen-bond acceptors (Lipinski definition) is 3. The number of benzene rings is 2. The SMILES string of the molecule is Cc1nc(NC(N)=NCc2c(Cl)cccc2Cl)nc2ccccc12. The maximum absolute atomic E-state index is 6.12. The number of guanidine groups is 1. The number of aromatic nitrogens is 2. The predicted molar refractivity (Wildman–Crippen MR) is 99.7 cm³/mol. The number of fused-ring (bicyclic) bond motifs is 1. The number of nitrogens with one attached hydrogen (secondary N) is 1. The topological polar surface area (TPSA) is 76.2 Å². The van der Waals surface area contributed by atoms with Gasteiger partial charge < -0.3 is 5.73 Å². The van der Waals surface area contributed by atoms with Gasteiger partial charge in [0.15, 0.2) is 5.96 Å². The highest BCUT2D eigenvalue weighted by molar-refractivity contribution is 6.36. The van der Waals surface area contributed by atoms with Crippen LogP contribution >= 0.6 is 23.2 Å². The van der Waals surface area contributed by atoms with Gasteiger partial charge in [0.25, 0.3) is 0 Å². The van der Waals surface area contributed by atoms with Crippen molar-refractivity contribution in [3.05, 3.63) is 63.8 Å². The number of hydrogen-bond donors (Lipinski definition) is 2. The zero-order chi connectivity index (χ0) is 17.1. The van der Waals surface area contributed by atoms with Crippen LogP contribution in [-0.2, 0) is 6.54 Å². The van der Waals surface area contributed by atoms with Crippen LogP contribution in [0.3, 0.4) is 0 Å². The number of anilines is 1. The second-order valence-electron chi connectivity index (χ2n) is 5.18. The van der Waals surface area contributed by atoms with Crippen LogP contribution in [0.2, 0.25) is 10.0 Å². The second-order valence-corrected chi connectivity index (χ2v) is 5.99. The number of para-hydroxylation sites is 1. The fourth-order valence-corrected chi connectivity index (χ4v) is 2.81. The van der Waals surface area contributed by atoms with E-state index in [9.17, 15) is 0 Å². The summed E-state index contributed by atoms with van der Waals surface area (Å²) < 4.78 is 0. The van der Waals surface area contributed by atoms with Gasteiger partial charge in [-0.05, 0) is 25.1 Å². The first-order chi connectivity index (χ1) is 11.5. The molecule has 1 heterocycles. The zero-order valence-corrected chi connectivity index (χ0v) is 14.4. The number of halogens is 2. The van der Waals surface area contributed by atoms with Crippen LogP contribution in [0.4, 0.5) is 5.95 Å². The lowest BCUT2D eigenvalue weighted by Crippen LogP contribution is -2.24. The van der Waals surface area contributed by atoms with Crippen molar-refractivity contribution in [3.8, 4) is 0 Å². The van der Waals surface area contributed by atoms with Crippen molar-refractivity contribution in [2.75, 3.05) is 5.32 Å². The van der Waals surface area contributed by atoms with Gasteiger partial charge >= 0.3 is 0 Å². The summed E-state index contributed by atoms with van der Waals surface area (Å²) in [6.45, 7) is 2.19. The molecule has 3 rings (SSSR count). The van der Waals surface area contributed by atoms with Crippen molar-refractivity contribution in [1.29, 1.82) is 0 Å². The third-order valence-electron chi connectivity index (χ3n) is 3.50. The lowest BCUT2D eigenvalue weighted by Gasteiger charge is -2.08. The molecule has 0 unspecified atom stereocenters. The van der Waals surface area contributed by atoms with Crippen LogP contribution in [0.1, 0.15) is 11.3 Å². The molecule has 0 saturated carbocycles. The fourth-order valence-electron chi connectivity index (χ4n) is 2.29. The van der Waals surface area contributed by atoms with Crippen LogP contribution in [0.5, 0.6) is 0 Å². The maximum atomic E-state index is 6.12. The Morgan fingerprint density at radius 1 is 1.08 bits per heavy atom. The molecule has 0 aliphatic carbocycles. The van der Waals surface area contributed by atoms with Crippen molar-refractivity contribution in [2.24, 2.45) is 10.7 Å². The molecule has 1 aromatic heterocycles. The molecule has 0 aliphatic rings. The Labute approximate surface area is 149 Å². The Hall–Kier alpha value is -2.37. The van der Waals surface area contributed by atoms with E-state index in [2.05, 4.69) is 20.3 Å². The summed E-state index contributed by atoms with van der Waals surface area (Å²) in [6.07, 6.45) is 0. The molecule has 0 saturated heterocycles. The molecule has 0 fully saturated rings. The van der Waals surface area contributed by atoms with Gasteiger partial charge in [-0.3, -0.25) is 5.32 Å². The maximum Gasteiger partial charge on any atom is 0.230 e. The summed E-state index contributed by atoms with van der Waals surface area (Å²) in [6, 6.07) is 13.1. The normalized spacial score (nSPS) is 11.7. The smallest absolute Gasteiger partial charge is 0.230 e. The molecule has 7 heteroatoms. The first-order valence-corrected chi connectivity index (χ1v) is 8.03. The molecule has 24 heavy (non-hydrogen) atoms. The number of aryl methyl sites for hydroxylation is 1.